The summed E-state index contributed by atoms with van der Waals surface area (Å²) in [5, 5.41) is 20.8. The molecule has 6 heterocycles. The molecule has 0 radical (unpaired) electrons. The minimum atomic E-state index is -0.986. The van der Waals surface area contributed by atoms with E-state index in [0.717, 1.165) is 44.6 Å². The summed E-state index contributed by atoms with van der Waals surface area (Å²) in [6, 6.07) is 41.5. The van der Waals surface area contributed by atoms with Gasteiger partial charge in [0, 0.05) is 57.1 Å². The van der Waals surface area contributed by atoms with Crippen LogP contribution in [0.15, 0.2) is 145 Å². The van der Waals surface area contributed by atoms with E-state index in [9.17, 15) is 43.8 Å². The second-order valence-electron chi connectivity index (χ2n) is 15.0. The first-order valence-electron chi connectivity index (χ1n) is 21.0. The standard InChI is InChI=1S/C30H20O6S3.C23H16O5S3/c31-17-36-16-21-14-25(28(35)19-9-5-2-6-10-19)39-30(21)23-12-11-22(37-23)29-20(15-26(32)33)13-24(38-29)27(34)18-7-3-1-4-8-18;24-13-28-12-15-8-9-29-22(15)17-6-7-18(30-17)23-16(11-20(25)26)10-19(31-23)21(27)14-4-2-1-3-5-14/h1-14,17H,15-16H2,(H,32,33);1-10,13H,11-12H2,(H,25,26). The molecule has 0 spiro atoms. The van der Waals surface area contributed by atoms with Crippen molar-refractivity contribution in [1.29, 1.82) is 0 Å². The summed E-state index contributed by atoms with van der Waals surface area (Å²) in [6.07, 6.45) is -0.368. The molecule has 0 aliphatic carbocycles. The quantitative estimate of drug-likeness (QED) is 0.0548. The first-order chi connectivity index (χ1) is 34.0. The number of aliphatic carboxylic acids is 2. The van der Waals surface area contributed by atoms with Crippen LogP contribution in [0.2, 0.25) is 0 Å². The Balaban J connectivity index is 0.000000193. The molecule has 0 aliphatic heterocycles. The van der Waals surface area contributed by atoms with Crippen molar-refractivity contribution in [1.82, 2.24) is 0 Å². The molecular weight excluding hydrogens is 1000 g/mol. The lowest BCUT2D eigenvalue weighted by atomic mass is 10.1. The predicted molar refractivity (Wildman–Crippen MR) is 276 cm³/mol. The van der Waals surface area contributed by atoms with E-state index in [4.69, 9.17) is 9.47 Å². The van der Waals surface area contributed by atoms with E-state index < -0.39 is 11.9 Å². The summed E-state index contributed by atoms with van der Waals surface area (Å²) < 4.78 is 9.92. The molecule has 0 fully saturated rings. The maximum Gasteiger partial charge on any atom is 0.307 e. The largest absolute Gasteiger partial charge is 0.481 e. The molecule has 70 heavy (non-hydrogen) atoms. The molecule has 0 unspecified atom stereocenters. The van der Waals surface area contributed by atoms with E-state index in [2.05, 4.69) is 0 Å². The van der Waals surface area contributed by atoms with Crippen LogP contribution in [-0.2, 0) is 54.7 Å². The first-order valence-corrected chi connectivity index (χ1v) is 26.0. The van der Waals surface area contributed by atoms with E-state index in [1.165, 1.54) is 56.7 Å². The fourth-order valence-electron chi connectivity index (χ4n) is 7.22. The molecule has 0 amide bonds. The van der Waals surface area contributed by atoms with E-state index in [1.807, 2.05) is 53.9 Å². The van der Waals surface area contributed by atoms with Crippen LogP contribution in [0.25, 0.3) is 39.0 Å². The SMILES string of the molecule is O=COCc1cc(C(=O)c2ccccc2)sc1-c1ccc(-c2sc(C(=O)c3ccccc3)cc2CC(=O)O)s1.O=COCc1ccsc1-c1ccc(-c2sc(C(=O)c3ccccc3)cc2CC(=O)O)s1. The molecule has 0 saturated carbocycles. The number of carboxylic acids is 2. The third-order valence-corrected chi connectivity index (χ3v) is 17.7. The maximum absolute atomic E-state index is 13.1. The van der Waals surface area contributed by atoms with E-state index >= 15 is 0 Å². The van der Waals surface area contributed by atoms with Crippen LogP contribution in [0.3, 0.4) is 0 Å². The number of hydrogen-bond acceptors (Lipinski definition) is 15. The highest BCUT2D eigenvalue weighted by Crippen LogP contribution is 2.45. The molecule has 0 saturated heterocycles. The Morgan fingerprint density at radius 3 is 1.13 bits per heavy atom. The second kappa shape index (κ2) is 22.9. The van der Waals surface area contributed by atoms with Crippen LogP contribution in [0.1, 0.15) is 68.0 Å². The summed E-state index contributed by atoms with van der Waals surface area (Å²) in [7, 11) is 0. The number of carbonyl (C=O) groups excluding carboxylic acids is 5. The molecule has 2 N–H and O–H groups in total. The van der Waals surface area contributed by atoms with Crippen molar-refractivity contribution in [3.05, 3.63) is 198 Å². The van der Waals surface area contributed by atoms with Crippen molar-refractivity contribution in [2.75, 3.05) is 0 Å². The van der Waals surface area contributed by atoms with Gasteiger partial charge in [0.25, 0.3) is 12.9 Å². The monoisotopic (exact) mass is 1040 g/mol. The summed E-state index contributed by atoms with van der Waals surface area (Å²) in [6.45, 7) is 1.02. The van der Waals surface area contributed by atoms with Crippen molar-refractivity contribution >= 4 is 110 Å². The number of hydrogen-bond donors (Lipinski definition) is 2. The van der Waals surface area contributed by atoms with Gasteiger partial charge in [-0.1, -0.05) is 91.0 Å². The Kier molecular flexibility index (Phi) is 16.1. The lowest BCUT2D eigenvalue weighted by Gasteiger charge is -2.00. The highest BCUT2D eigenvalue weighted by molar-refractivity contribution is 7.28. The fraction of sp³-hybridized carbons (Fsp3) is 0.0755. The summed E-state index contributed by atoms with van der Waals surface area (Å²) >= 11 is 8.41. The predicted octanol–water partition coefficient (Wildman–Crippen LogP) is 12.7. The van der Waals surface area contributed by atoms with Gasteiger partial charge in [0.05, 0.1) is 37.2 Å². The Bertz CT molecular complexity index is 3330. The number of ketones is 3. The third-order valence-electron chi connectivity index (χ3n) is 10.4. The zero-order chi connectivity index (χ0) is 49.1. The van der Waals surface area contributed by atoms with Gasteiger partial charge >= 0.3 is 11.9 Å². The Hall–Kier alpha value is -7.25. The number of rotatable bonds is 20. The molecule has 9 aromatic rings. The Morgan fingerprint density at radius 1 is 0.414 bits per heavy atom. The van der Waals surface area contributed by atoms with Gasteiger partial charge in [0.15, 0.2) is 0 Å². The molecule has 0 atom stereocenters. The topological polar surface area (TPSA) is 178 Å². The van der Waals surface area contributed by atoms with Gasteiger partial charge in [-0.3, -0.25) is 33.6 Å². The van der Waals surface area contributed by atoms with Gasteiger partial charge in [0.2, 0.25) is 17.3 Å². The number of thiophene rings is 6. The summed E-state index contributed by atoms with van der Waals surface area (Å²) in [5.74, 6) is -2.33. The minimum absolute atomic E-state index is 0.0175. The van der Waals surface area contributed by atoms with E-state index in [1.54, 1.807) is 102 Å². The molecule has 17 heteroatoms. The molecular formula is C53H36O11S6. The molecule has 3 aromatic carbocycles. The number of benzene rings is 3. The summed E-state index contributed by atoms with van der Waals surface area (Å²) in [5.41, 5.74) is 4.48. The zero-order valence-electron chi connectivity index (χ0n) is 36.4. The lowest BCUT2D eigenvalue weighted by molar-refractivity contribution is -0.137. The minimum Gasteiger partial charge on any atom is -0.481 e. The van der Waals surface area contributed by atoms with Crippen LogP contribution >= 0.6 is 68.0 Å². The van der Waals surface area contributed by atoms with Gasteiger partial charge in [-0.15, -0.1) is 68.0 Å². The van der Waals surface area contributed by atoms with Gasteiger partial charge in [-0.25, -0.2) is 0 Å². The van der Waals surface area contributed by atoms with Crippen molar-refractivity contribution in [3.8, 4) is 39.0 Å². The van der Waals surface area contributed by atoms with Crippen molar-refractivity contribution in [2.45, 2.75) is 26.1 Å². The maximum atomic E-state index is 13.1. The second-order valence-corrected chi connectivity index (χ2v) is 21.3. The van der Waals surface area contributed by atoms with Gasteiger partial charge in [0.1, 0.15) is 13.2 Å². The number of carbonyl (C=O) groups is 7. The van der Waals surface area contributed by atoms with Crippen LogP contribution < -0.4 is 0 Å². The van der Waals surface area contributed by atoms with Crippen LogP contribution in [0.4, 0.5) is 0 Å². The van der Waals surface area contributed by atoms with E-state index in [0.29, 0.717) is 61.0 Å². The fourth-order valence-corrected chi connectivity index (χ4v) is 14.2. The zero-order valence-corrected chi connectivity index (χ0v) is 41.3. The average Bonchev–Trinajstić information content (AvgIpc) is 4.25. The van der Waals surface area contributed by atoms with Crippen molar-refractivity contribution in [2.24, 2.45) is 0 Å². The number of carboxylic acid groups (broad SMARTS) is 2. The average molecular weight is 1040 g/mol. The Morgan fingerprint density at radius 2 is 0.757 bits per heavy atom. The van der Waals surface area contributed by atoms with Gasteiger partial charge < -0.3 is 19.7 Å². The molecule has 11 nitrogen and oxygen atoms in total. The van der Waals surface area contributed by atoms with Crippen molar-refractivity contribution < 1.29 is 53.2 Å². The number of ether oxygens (including phenoxy) is 2. The van der Waals surface area contributed by atoms with Crippen LogP contribution in [-0.4, -0.2) is 52.4 Å². The Labute approximate surface area is 424 Å². The highest BCUT2D eigenvalue weighted by Gasteiger charge is 2.24. The van der Waals surface area contributed by atoms with Gasteiger partial charge in [-0.05, 0) is 65.0 Å². The van der Waals surface area contributed by atoms with Crippen LogP contribution in [0, 0.1) is 0 Å². The molecule has 6 aromatic heterocycles. The highest BCUT2D eigenvalue weighted by atomic mass is 32.1. The molecule has 9 rings (SSSR count). The van der Waals surface area contributed by atoms with Crippen molar-refractivity contribution in [3.63, 3.8) is 0 Å². The normalized spacial score (nSPS) is 10.7. The smallest absolute Gasteiger partial charge is 0.307 e. The van der Waals surface area contributed by atoms with Crippen LogP contribution in [0.5, 0.6) is 0 Å². The summed E-state index contributed by atoms with van der Waals surface area (Å²) in [4.78, 5) is 91.9. The molecule has 0 bridgehead atoms. The molecule has 0 aliphatic rings. The molecule has 350 valence electrons. The van der Waals surface area contributed by atoms with Gasteiger partial charge in [-0.2, -0.15) is 0 Å². The first kappa shape index (κ1) is 49.2. The third kappa shape index (κ3) is 11.6. The van der Waals surface area contributed by atoms with E-state index in [-0.39, 0.29) is 43.4 Å². The lowest BCUT2D eigenvalue weighted by Crippen LogP contribution is -2.00.